The Kier molecular flexibility index (Phi) is 9.92. The van der Waals surface area contributed by atoms with Crippen molar-refractivity contribution in [2.75, 3.05) is 39.8 Å². The van der Waals surface area contributed by atoms with Crippen molar-refractivity contribution in [3.63, 3.8) is 0 Å². The monoisotopic (exact) mass is 334 g/mol. The smallest absolute Gasteiger partial charge is 0.191 e. The Bertz CT molecular complexity index is 484. The third-order valence-electron chi connectivity index (χ3n) is 3.88. The lowest BCUT2D eigenvalue weighted by molar-refractivity contribution is 0.221. The van der Waals surface area contributed by atoms with Gasteiger partial charge < -0.3 is 20.3 Å². The highest BCUT2D eigenvalue weighted by atomic mass is 16.5. The molecule has 1 aromatic carbocycles. The normalized spacial score (nSPS) is 11.9. The second kappa shape index (κ2) is 11.7. The van der Waals surface area contributed by atoms with Crippen LogP contribution < -0.4 is 15.4 Å². The van der Waals surface area contributed by atoms with Crippen molar-refractivity contribution in [1.82, 2.24) is 15.5 Å². The first-order valence-electron chi connectivity index (χ1n) is 8.98. The molecule has 0 aliphatic carbocycles. The molecule has 0 heterocycles. The van der Waals surface area contributed by atoms with E-state index in [1.165, 1.54) is 0 Å². The fourth-order valence-corrected chi connectivity index (χ4v) is 2.32. The molecule has 1 rings (SSSR count). The zero-order chi connectivity index (χ0) is 17.8. The Morgan fingerprint density at radius 1 is 1.17 bits per heavy atom. The van der Waals surface area contributed by atoms with E-state index in [9.17, 15) is 0 Å². The maximum atomic E-state index is 5.99. The predicted molar refractivity (Wildman–Crippen MR) is 103 cm³/mol. The first-order valence-corrected chi connectivity index (χ1v) is 8.98. The summed E-state index contributed by atoms with van der Waals surface area (Å²) in [5.41, 5.74) is 1.14. The van der Waals surface area contributed by atoms with Gasteiger partial charge in [-0.3, -0.25) is 4.99 Å². The largest absolute Gasteiger partial charge is 0.492 e. The summed E-state index contributed by atoms with van der Waals surface area (Å²) in [6.45, 7) is 14.1. The van der Waals surface area contributed by atoms with Crippen LogP contribution in [0.1, 0.15) is 33.3 Å². The highest BCUT2D eigenvalue weighted by molar-refractivity contribution is 5.79. The molecule has 0 radical (unpaired) electrons. The molecule has 0 unspecified atom stereocenters. The van der Waals surface area contributed by atoms with Crippen molar-refractivity contribution in [2.24, 2.45) is 10.9 Å². The molecule has 0 aliphatic rings. The van der Waals surface area contributed by atoms with Crippen LogP contribution in [0.4, 0.5) is 0 Å². The van der Waals surface area contributed by atoms with Gasteiger partial charge in [-0.15, -0.1) is 0 Å². The molecular weight excluding hydrogens is 300 g/mol. The predicted octanol–water partition coefficient (Wildman–Crippen LogP) is 2.73. The highest BCUT2D eigenvalue weighted by Gasteiger charge is 2.06. The zero-order valence-electron chi connectivity index (χ0n) is 15.9. The molecule has 0 amide bonds. The van der Waals surface area contributed by atoms with Gasteiger partial charge in [0.2, 0.25) is 0 Å². The second-order valence-electron chi connectivity index (χ2n) is 6.18. The lowest BCUT2D eigenvalue weighted by Gasteiger charge is -2.19. The number of rotatable bonds is 10. The van der Waals surface area contributed by atoms with Crippen LogP contribution in [-0.2, 0) is 6.54 Å². The average molecular weight is 335 g/mol. The number of benzene rings is 1. The third kappa shape index (κ3) is 7.68. The van der Waals surface area contributed by atoms with Gasteiger partial charge >= 0.3 is 0 Å². The Labute approximate surface area is 147 Å². The van der Waals surface area contributed by atoms with Crippen LogP contribution in [0.25, 0.3) is 0 Å². The third-order valence-corrected chi connectivity index (χ3v) is 3.88. The SMILES string of the molecule is CCN(CC)CCOc1ccccc1CNC(=NC)NCC(C)C. The molecular formula is C19H34N4O. The molecule has 5 heteroatoms. The summed E-state index contributed by atoms with van der Waals surface area (Å²) in [6.07, 6.45) is 0. The fourth-order valence-electron chi connectivity index (χ4n) is 2.32. The molecule has 0 aliphatic heterocycles. The van der Waals surface area contributed by atoms with E-state index in [1.54, 1.807) is 7.05 Å². The molecule has 0 saturated carbocycles. The van der Waals surface area contributed by atoms with E-state index < -0.39 is 0 Å². The Morgan fingerprint density at radius 3 is 2.50 bits per heavy atom. The van der Waals surface area contributed by atoms with Gasteiger partial charge in [0, 0.05) is 32.2 Å². The van der Waals surface area contributed by atoms with Crippen LogP contribution in [0.5, 0.6) is 5.75 Å². The van der Waals surface area contributed by atoms with Crippen LogP contribution in [0.3, 0.4) is 0 Å². The summed E-state index contributed by atoms with van der Waals surface area (Å²) in [5, 5.41) is 6.67. The van der Waals surface area contributed by atoms with Crippen molar-refractivity contribution in [3.05, 3.63) is 29.8 Å². The van der Waals surface area contributed by atoms with Gasteiger partial charge in [-0.1, -0.05) is 45.9 Å². The Balaban J connectivity index is 2.53. The van der Waals surface area contributed by atoms with Gasteiger partial charge in [0.25, 0.3) is 0 Å². The molecule has 0 atom stereocenters. The number of nitrogens with one attached hydrogen (secondary N) is 2. The minimum atomic E-state index is 0.583. The van der Waals surface area contributed by atoms with Crippen molar-refractivity contribution in [2.45, 2.75) is 34.2 Å². The van der Waals surface area contributed by atoms with Crippen molar-refractivity contribution >= 4 is 5.96 Å². The quantitative estimate of drug-likeness (QED) is 0.510. The second-order valence-corrected chi connectivity index (χ2v) is 6.18. The van der Waals surface area contributed by atoms with Gasteiger partial charge in [-0.2, -0.15) is 0 Å². The minimum Gasteiger partial charge on any atom is -0.492 e. The number of hydrogen-bond donors (Lipinski definition) is 2. The van der Waals surface area contributed by atoms with Gasteiger partial charge in [0.15, 0.2) is 5.96 Å². The number of para-hydroxylation sites is 1. The van der Waals surface area contributed by atoms with E-state index >= 15 is 0 Å². The summed E-state index contributed by atoms with van der Waals surface area (Å²) in [6, 6.07) is 8.18. The first-order chi connectivity index (χ1) is 11.6. The van der Waals surface area contributed by atoms with Crippen LogP contribution in [0.15, 0.2) is 29.3 Å². The Hall–Kier alpha value is -1.75. The number of guanidine groups is 1. The average Bonchev–Trinajstić information content (AvgIpc) is 2.59. The molecule has 24 heavy (non-hydrogen) atoms. The van der Waals surface area contributed by atoms with E-state index in [1.807, 2.05) is 18.2 Å². The first kappa shape index (κ1) is 20.3. The maximum absolute atomic E-state index is 5.99. The van der Waals surface area contributed by atoms with Crippen LogP contribution >= 0.6 is 0 Å². The van der Waals surface area contributed by atoms with E-state index in [2.05, 4.69) is 54.3 Å². The summed E-state index contributed by atoms with van der Waals surface area (Å²) >= 11 is 0. The van der Waals surface area contributed by atoms with Gasteiger partial charge in [-0.05, 0) is 25.1 Å². The highest BCUT2D eigenvalue weighted by Crippen LogP contribution is 2.17. The molecule has 0 saturated heterocycles. The van der Waals surface area contributed by atoms with Gasteiger partial charge in [0.05, 0.1) is 0 Å². The van der Waals surface area contributed by atoms with Crippen LogP contribution in [-0.4, -0.2) is 50.7 Å². The molecule has 136 valence electrons. The number of hydrogen-bond acceptors (Lipinski definition) is 3. The molecule has 2 N–H and O–H groups in total. The minimum absolute atomic E-state index is 0.583. The lowest BCUT2D eigenvalue weighted by atomic mass is 10.2. The van der Waals surface area contributed by atoms with E-state index in [0.29, 0.717) is 19.1 Å². The van der Waals surface area contributed by atoms with Crippen molar-refractivity contribution in [3.8, 4) is 5.75 Å². The van der Waals surface area contributed by atoms with E-state index in [0.717, 1.165) is 43.5 Å². The number of aliphatic imine (C=N–C) groups is 1. The number of ether oxygens (including phenoxy) is 1. The van der Waals surface area contributed by atoms with Crippen molar-refractivity contribution in [1.29, 1.82) is 0 Å². The summed E-state index contributed by atoms with van der Waals surface area (Å²) in [5.74, 6) is 2.34. The topological polar surface area (TPSA) is 48.9 Å². The lowest BCUT2D eigenvalue weighted by Crippen LogP contribution is -2.38. The summed E-state index contributed by atoms with van der Waals surface area (Å²) < 4.78 is 5.99. The number of likely N-dealkylation sites (N-methyl/N-ethyl adjacent to an activating group) is 1. The summed E-state index contributed by atoms with van der Waals surface area (Å²) in [7, 11) is 1.79. The molecule has 0 aromatic heterocycles. The fraction of sp³-hybridized carbons (Fsp3) is 0.632. The van der Waals surface area contributed by atoms with Gasteiger partial charge in [0.1, 0.15) is 12.4 Å². The molecule has 1 aromatic rings. The molecule has 0 bridgehead atoms. The number of nitrogens with zero attached hydrogens (tertiary/aromatic N) is 2. The molecule has 5 nitrogen and oxygen atoms in total. The Morgan fingerprint density at radius 2 is 1.88 bits per heavy atom. The standard InChI is InChI=1S/C19H34N4O/c1-6-23(7-2)12-13-24-18-11-9-8-10-17(18)15-22-19(20-5)21-14-16(3)4/h8-11,16H,6-7,12-15H2,1-5H3,(H2,20,21,22). The van der Waals surface area contributed by atoms with Crippen LogP contribution in [0.2, 0.25) is 0 Å². The van der Waals surface area contributed by atoms with Gasteiger partial charge in [-0.25, -0.2) is 0 Å². The maximum Gasteiger partial charge on any atom is 0.191 e. The van der Waals surface area contributed by atoms with Crippen molar-refractivity contribution < 1.29 is 4.74 Å². The zero-order valence-corrected chi connectivity index (χ0v) is 15.9. The summed E-state index contributed by atoms with van der Waals surface area (Å²) in [4.78, 5) is 6.62. The van der Waals surface area contributed by atoms with Crippen LogP contribution in [0, 0.1) is 5.92 Å². The molecule has 0 spiro atoms. The van der Waals surface area contributed by atoms with E-state index in [4.69, 9.17) is 4.74 Å². The molecule has 0 fully saturated rings. The van der Waals surface area contributed by atoms with E-state index in [-0.39, 0.29) is 0 Å².